The summed E-state index contributed by atoms with van der Waals surface area (Å²) in [6.07, 6.45) is 1.91. The van der Waals surface area contributed by atoms with Gasteiger partial charge < -0.3 is 26.2 Å². The largest absolute Gasteiger partial charge is 0.465 e. The summed E-state index contributed by atoms with van der Waals surface area (Å²) in [5.74, 6) is 5.64. The van der Waals surface area contributed by atoms with Gasteiger partial charge in [-0.2, -0.15) is 0 Å². The standard InChI is InChI=1S/C24H35N3O5/c1-24(2,3)15-7-4-5-10-21(29)27-20(9-6-8-16-25-23(31)32)22(30)26-19-13-11-18(17-28)12-14-19/h11-14,20,25,28H,4-6,8-10,16-17H2,1-3H3,(H,26,30)(H,27,29)(H,31,32). The lowest BCUT2D eigenvalue weighted by Crippen LogP contribution is -2.43. The molecule has 0 spiro atoms. The van der Waals surface area contributed by atoms with Crippen LogP contribution >= 0.6 is 0 Å². The number of carbonyl (C=O) groups is 3. The molecular formula is C24H35N3O5. The van der Waals surface area contributed by atoms with E-state index in [1.807, 2.05) is 20.8 Å². The van der Waals surface area contributed by atoms with Gasteiger partial charge in [0.1, 0.15) is 6.04 Å². The van der Waals surface area contributed by atoms with Crippen LogP contribution in [0.5, 0.6) is 0 Å². The van der Waals surface area contributed by atoms with Gasteiger partial charge in [0.25, 0.3) is 0 Å². The van der Waals surface area contributed by atoms with Gasteiger partial charge in [0.2, 0.25) is 11.8 Å². The minimum absolute atomic E-state index is 0.0731. The number of unbranched alkanes of at least 4 members (excludes halogenated alkanes) is 2. The Bertz CT molecular complexity index is 804. The van der Waals surface area contributed by atoms with Crippen LogP contribution in [-0.2, 0) is 16.2 Å². The maximum Gasteiger partial charge on any atom is 0.404 e. The van der Waals surface area contributed by atoms with Crippen LogP contribution < -0.4 is 16.0 Å². The number of benzene rings is 1. The number of amides is 3. The molecule has 0 bridgehead atoms. The van der Waals surface area contributed by atoms with Crippen LogP contribution in [0.4, 0.5) is 10.5 Å². The van der Waals surface area contributed by atoms with Crippen molar-refractivity contribution in [2.45, 2.75) is 71.9 Å². The molecule has 8 heteroatoms. The molecule has 1 aromatic carbocycles. The van der Waals surface area contributed by atoms with Gasteiger partial charge in [-0.15, -0.1) is 5.92 Å². The molecule has 3 amide bonds. The van der Waals surface area contributed by atoms with Crippen molar-refractivity contribution in [3.8, 4) is 11.8 Å². The summed E-state index contributed by atoms with van der Waals surface area (Å²) in [4.78, 5) is 35.7. The zero-order valence-electron chi connectivity index (χ0n) is 19.2. The lowest BCUT2D eigenvalue weighted by Gasteiger charge is -2.19. The first-order valence-electron chi connectivity index (χ1n) is 10.9. The number of anilines is 1. The summed E-state index contributed by atoms with van der Waals surface area (Å²) in [5, 5.41) is 25.6. The second-order valence-corrected chi connectivity index (χ2v) is 8.60. The van der Waals surface area contributed by atoms with Gasteiger partial charge in [0.05, 0.1) is 6.61 Å². The fourth-order valence-corrected chi connectivity index (χ4v) is 2.79. The van der Waals surface area contributed by atoms with E-state index in [0.29, 0.717) is 37.8 Å². The smallest absolute Gasteiger partial charge is 0.404 e. The van der Waals surface area contributed by atoms with Gasteiger partial charge in [0.15, 0.2) is 0 Å². The highest BCUT2D eigenvalue weighted by Crippen LogP contribution is 2.12. The molecule has 5 N–H and O–H groups in total. The Labute approximate surface area is 190 Å². The first-order valence-corrected chi connectivity index (χ1v) is 10.9. The van der Waals surface area contributed by atoms with E-state index in [1.165, 1.54) is 0 Å². The fraction of sp³-hybridized carbons (Fsp3) is 0.542. The van der Waals surface area contributed by atoms with E-state index in [2.05, 4.69) is 27.8 Å². The van der Waals surface area contributed by atoms with Crippen LogP contribution in [-0.4, -0.2) is 40.7 Å². The minimum Gasteiger partial charge on any atom is -0.465 e. The van der Waals surface area contributed by atoms with Crippen molar-refractivity contribution >= 4 is 23.6 Å². The Balaban J connectivity index is 2.62. The van der Waals surface area contributed by atoms with E-state index in [4.69, 9.17) is 10.2 Å². The number of aliphatic hydroxyl groups excluding tert-OH is 1. The second-order valence-electron chi connectivity index (χ2n) is 8.60. The molecule has 0 aliphatic rings. The monoisotopic (exact) mass is 445 g/mol. The molecule has 1 atom stereocenters. The molecule has 1 unspecified atom stereocenters. The normalized spacial score (nSPS) is 11.6. The van der Waals surface area contributed by atoms with E-state index >= 15 is 0 Å². The third kappa shape index (κ3) is 12.6. The number of aliphatic hydroxyl groups is 1. The van der Waals surface area contributed by atoms with E-state index in [0.717, 1.165) is 5.56 Å². The highest BCUT2D eigenvalue weighted by molar-refractivity contribution is 5.97. The molecule has 0 fully saturated rings. The summed E-state index contributed by atoms with van der Waals surface area (Å²) in [7, 11) is 0. The first-order chi connectivity index (χ1) is 15.1. The van der Waals surface area contributed by atoms with Crippen molar-refractivity contribution in [1.29, 1.82) is 0 Å². The molecule has 0 radical (unpaired) electrons. The van der Waals surface area contributed by atoms with E-state index in [9.17, 15) is 14.4 Å². The molecule has 8 nitrogen and oxygen atoms in total. The maximum atomic E-state index is 12.8. The zero-order chi connectivity index (χ0) is 24.0. The molecule has 0 aliphatic heterocycles. The molecule has 0 saturated carbocycles. The third-order valence-electron chi connectivity index (χ3n) is 4.42. The van der Waals surface area contributed by atoms with Gasteiger partial charge in [0, 0.05) is 30.5 Å². The summed E-state index contributed by atoms with van der Waals surface area (Å²) in [5.41, 5.74) is 1.22. The first kappa shape index (κ1) is 27.0. The van der Waals surface area contributed by atoms with Crippen molar-refractivity contribution in [3.63, 3.8) is 0 Å². The number of carbonyl (C=O) groups excluding carboxylic acids is 2. The number of hydrogen-bond acceptors (Lipinski definition) is 4. The molecule has 0 saturated heterocycles. The fourth-order valence-electron chi connectivity index (χ4n) is 2.79. The van der Waals surface area contributed by atoms with Crippen LogP contribution in [0, 0.1) is 17.3 Å². The number of nitrogens with one attached hydrogen (secondary N) is 3. The average molecular weight is 446 g/mol. The maximum absolute atomic E-state index is 12.8. The van der Waals surface area contributed by atoms with Crippen LogP contribution in [0.2, 0.25) is 0 Å². The minimum atomic E-state index is -1.09. The Morgan fingerprint density at radius 1 is 1.06 bits per heavy atom. The predicted octanol–water partition coefficient (Wildman–Crippen LogP) is 3.26. The molecule has 0 aliphatic carbocycles. The van der Waals surface area contributed by atoms with Crippen molar-refractivity contribution in [3.05, 3.63) is 29.8 Å². The summed E-state index contributed by atoms with van der Waals surface area (Å²) < 4.78 is 0. The summed E-state index contributed by atoms with van der Waals surface area (Å²) in [6.45, 7) is 6.28. The SMILES string of the molecule is CC(C)(C)C#CCCCC(=O)NC(CCCCNC(=O)O)C(=O)Nc1ccc(CO)cc1. The number of carboxylic acid groups (broad SMARTS) is 1. The molecule has 1 rings (SSSR count). The lowest BCUT2D eigenvalue weighted by molar-refractivity contribution is -0.126. The Hall–Kier alpha value is -3.05. The molecule has 32 heavy (non-hydrogen) atoms. The number of rotatable bonds is 12. The van der Waals surface area contributed by atoms with Gasteiger partial charge in [-0.25, -0.2) is 4.79 Å². The molecule has 176 valence electrons. The van der Waals surface area contributed by atoms with Crippen molar-refractivity contribution in [2.24, 2.45) is 5.41 Å². The van der Waals surface area contributed by atoms with E-state index in [1.54, 1.807) is 24.3 Å². The van der Waals surface area contributed by atoms with Gasteiger partial charge in [-0.1, -0.05) is 18.1 Å². The quantitative estimate of drug-likeness (QED) is 0.249. The molecule has 0 heterocycles. The Morgan fingerprint density at radius 2 is 1.75 bits per heavy atom. The van der Waals surface area contributed by atoms with Crippen LogP contribution in [0.3, 0.4) is 0 Å². The Kier molecular flexibility index (Phi) is 11.9. The van der Waals surface area contributed by atoms with Crippen molar-refractivity contribution < 1.29 is 24.6 Å². The van der Waals surface area contributed by atoms with Crippen LogP contribution in [0.15, 0.2) is 24.3 Å². The summed E-state index contributed by atoms with van der Waals surface area (Å²) >= 11 is 0. The Morgan fingerprint density at radius 3 is 2.34 bits per heavy atom. The van der Waals surface area contributed by atoms with Crippen LogP contribution in [0.25, 0.3) is 0 Å². The van der Waals surface area contributed by atoms with Gasteiger partial charge >= 0.3 is 6.09 Å². The van der Waals surface area contributed by atoms with E-state index < -0.39 is 12.1 Å². The van der Waals surface area contributed by atoms with Crippen LogP contribution in [0.1, 0.15) is 64.9 Å². The second kappa shape index (κ2) is 14.1. The highest BCUT2D eigenvalue weighted by atomic mass is 16.4. The topological polar surface area (TPSA) is 128 Å². The van der Waals surface area contributed by atoms with E-state index in [-0.39, 0.29) is 36.8 Å². The third-order valence-corrected chi connectivity index (χ3v) is 4.42. The van der Waals surface area contributed by atoms with Crippen molar-refractivity contribution in [2.75, 3.05) is 11.9 Å². The lowest BCUT2D eigenvalue weighted by atomic mass is 9.98. The molecular weight excluding hydrogens is 410 g/mol. The van der Waals surface area contributed by atoms with Crippen molar-refractivity contribution in [1.82, 2.24) is 10.6 Å². The predicted molar refractivity (Wildman–Crippen MR) is 124 cm³/mol. The molecule has 1 aromatic rings. The average Bonchev–Trinajstić information content (AvgIpc) is 2.71. The zero-order valence-corrected chi connectivity index (χ0v) is 19.2. The number of hydrogen-bond donors (Lipinski definition) is 5. The summed E-state index contributed by atoms with van der Waals surface area (Å²) in [6, 6.07) is 6.06. The van der Waals surface area contributed by atoms with Gasteiger partial charge in [-0.05, 0) is 64.2 Å². The molecule has 0 aromatic heterocycles. The highest BCUT2D eigenvalue weighted by Gasteiger charge is 2.20. The van der Waals surface area contributed by atoms with Gasteiger partial charge in [-0.3, -0.25) is 9.59 Å².